The zero-order valence-corrected chi connectivity index (χ0v) is 10.5. The largest absolute Gasteiger partial charge is 0.505 e. The zero-order valence-electron chi connectivity index (χ0n) is 8.91. The third kappa shape index (κ3) is 3.12. The standard InChI is InChI=1S/C10H10BrF2NO3/c1-2-17-10(16)6-3-5(9(12)13)8(15)7(4-11)14-6/h3,9,15H,2,4H2,1H3. The number of halogens is 3. The van der Waals surface area contributed by atoms with Crippen LogP contribution in [0, 0.1) is 0 Å². The van der Waals surface area contributed by atoms with E-state index in [1.807, 2.05) is 0 Å². The lowest BCUT2D eigenvalue weighted by molar-refractivity contribution is 0.0518. The molecule has 0 aromatic carbocycles. The average molecular weight is 310 g/mol. The molecule has 0 saturated heterocycles. The maximum absolute atomic E-state index is 12.6. The van der Waals surface area contributed by atoms with Crippen molar-refractivity contribution in [1.29, 1.82) is 0 Å². The highest BCUT2D eigenvalue weighted by atomic mass is 79.9. The fraction of sp³-hybridized carbons (Fsp3) is 0.400. The molecule has 94 valence electrons. The normalized spacial score (nSPS) is 10.6. The van der Waals surface area contributed by atoms with Crippen molar-refractivity contribution in [3.05, 3.63) is 23.0 Å². The van der Waals surface area contributed by atoms with Crippen LogP contribution in [0.3, 0.4) is 0 Å². The Labute approximate surface area is 105 Å². The minimum Gasteiger partial charge on any atom is -0.505 e. The molecule has 0 aliphatic rings. The monoisotopic (exact) mass is 309 g/mol. The van der Waals surface area contributed by atoms with Crippen LogP contribution >= 0.6 is 15.9 Å². The third-order valence-electron chi connectivity index (χ3n) is 1.94. The number of rotatable bonds is 4. The first-order valence-electron chi connectivity index (χ1n) is 4.75. The average Bonchev–Trinajstić information content (AvgIpc) is 2.29. The highest BCUT2D eigenvalue weighted by molar-refractivity contribution is 9.08. The van der Waals surface area contributed by atoms with E-state index in [0.717, 1.165) is 6.07 Å². The molecule has 17 heavy (non-hydrogen) atoms. The smallest absolute Gasteiger partial charge is 0.356 e. The van der Waals surface area contributed by atoms with Gasteiger partial charge in [0.05, 0.1) is 17.9 Å². The van der Waals surface area contributed by atoms with Crippen LogP contribution in [-0.4, -0.2) is 22.7 Å². The fourth-order valence-corrected chi connectivity index (χ4v) is 1.57. The third-order valence-corrected chi connectivity index (χ3v) is 2.47. The molecule has 0 unspecified atom stereocenters. The van der Waals surface area contributed by atoms with E-state index in [9.17, 15) is 18.7 Å². The molecule has 0 aliphatic carbocycles. The molecule has 0 bridgehead atoms. The number of aromatic hydroxyl groups is 1. The number of esters is 1. The summed E-state index contributed by atoms with van der Waals surface area (Å²) < 4.78 is 29.9. The maximum atomic E-state index is 12.6. The lowest BCUT2D eigenvalue weighted by Gasteiger charge is -2.09. The number of ether oxygens (including phenoxy) is 1. The van der Waals surface area contributed by atoms with Gasteiger partial charge in [-0.1, -0.05) is 15.9 Å². The van der Waals surface area contributed by atoms with E-state index in [0.29, 0.717) is 0 Å². The molecule has 0 atom stereocenters. The van der Waals surface area contributed by atoms with E-state index in [4.69, 9.17) is 0 Å². The lowest BCUT2D eigenvalue weighted by Crippen LogP contribution is -2.09. The van der Waals surface area contributed by atoms with Crippen LogP contribution in [0.4, 0.5) is 8.78 Å². The molecule has 4 nitrogen and oxygen atoms in total. The topological polar surface area (TPSA) is 59.4 Å². The van der Waals surface area contributed by atoms with Crippen LogP contribution in [-0.2, 0) is 10.1 Å². The number of nitrogens with zero attached hydrogens (tertiary/aromatic N) is 1. The highest BCUT2D eigenvalue weighted by Crippen LogP contribution is 2.32. The summed E-state index contributed by atoms with van der Waals surface area (Å²) in [5.74, 6) is -1.40. The molecule has 1 aromatic rings. The number of aromatic nitrogens is 1. The minimum absolute atomic E-state index is 0.0224. The van der Waals surface area contributed by atoms with Gasteiger partial charge in [-0.3, -0.25) is 0 Å². The van der Waals surface area contributed by atoms with Crippen LogP contribution in [0.25, 0.3) is 0 Å². The number of hydrogen-bond donors (Lipinski definition) is 1. The van der Waals surface area contributed by atoms with Gasteiger partial charge in [-0.15, -0.1) is 0 Å². The van der Waals surface area contributed by atoms with Crippen molar-refractivity contribution < 1.29 is 23.4 Å². The quantitative estimate of drug-likeness (QED) is 0.686. The van der Waals surface area contributed by atoms with Crippen LogP contribution < -0.4 is 0 Å². The molecule has 7 heteroatoms. The number of pyridine rings is 1. The van der Waals surface area contributed by atoms with E-state index in [-0.39, 0.29) is 23.3 Å². The molecule has 1 aromatic heterocycles. The second-order valence-corrected chi connectivity index (χ2v) is 3.61. The molecule has 0 amide bonds. The van der Waals surface area contributed by atoms with Crippen molar-refractivity contribution in [2.75, 3.05) is 6.61 Å². The van der Waals surface area contributed by atoms with Crippen molar-refractivity contribution in [2.24, 2.45) is 0 Å². The van der Waals surface area contributed by atoms with E-state index in [2.05, 4.69) is 25.7 Å². The first-order chi connectivity index (χ1) is 8.01. The highest BCUT2D eigenvalue weighted by Gasteiger charge is 2.21. The van der Waals surface area contributed by atoms with Crippen LogP contribution in [0.1, 0.15) is 35.1 Å². The van der Waals surface area contributed by atoms with E-state index in [1.54, 1.807) is 6.92 Å². The molecule has 0 saturated carbocycles. The SMILES string of the molecule is CCOC(=O)c1cc(C(F)F)c(O)c(CBr)n1. The van der Waals surface area contributed by atoms with Gasteiger partial charge in [0, 0.05) is 5.33 Å². The summed E-state index contributed by atoms with van der Waals surface area (Å²) in [6.07, 6.45) is -2.89. The Kier molecular flexibility index (Phi) is 4.80. The van der Waals surface area contributed by atoms with Crippen molar-refractivity contribution in [1.82, 2.24) is 4.98 Å². The summed E-state index contributed by atoms with van der Waals surface area (Å²) in [6.45, 7) is 1.72. The van der Waals surface area contributed by atoms with Crippen LogP contribution in [0.15, 0.2) is 6.07 Å². The number of alkyl halides is 3. The van der Waals surface area contributed by atoms with E-state index in [1.165, 1.54) is 0 Å². The number of carbonyl (C=O) groups is 1. The fourth-order valence-electron chi connectivity index (χ4n) is 1.18. The van der Waals surface area contributed by atoms with Gasteiger partial charge in [-0.25, -0.2) is 18.6 Å². The van der Waals surface area contributed by atoms with Crippen LogP contribution in [0.5, 0.6) is 5.75 Å². The Morgan fingerprint density at radius 2 is 2.29 bits per heavy atom. The second-order valence-electron chi connectivity index (χ2n) is 3.05. The summed E-state index contributed by atoms with van der Waals surface area (Å²) in [4.78, 5) is 15.1. The van der Waals surface area contributed by atoms with E-state index < -0.39 is 23.7 Å². The first-order valence-corrected chi connectivity index (χ1v) is 5.87. The van der Waals surface area contributed by atoms with Crippen molar-refractivity contribution in [3.63, 3.8) is 0 Å². The summed E-state index contributed by atoms with van der Waals surface area (Å²) in [6, 6.07) is 0.837. The molecular weight excluding hydrogens is 300 g/mol. The second kappa shape index (κ2) is 5.90. The summed E-state index contributed by atoms with van der Waals surface area (Å²) in [7, 11) is 0. The molecule has 0 fully saturated rings. The van der Waals surface area contributed by atoms with Gasteiger partial charge in [-0.2, -0.15) is 0 Å². The van der Waals surface area contributed by atoms with Gasteiger partial charge in [0.15, 0.2) is 0 Å². The van der Waals surface area contributed by atoms with Crippen molar-refractivity contribution >= 4 is 21.9 Å². The molecule has 1 N–H and O–H groups in total. The maximum Gasteiger partial charge on any atom is 0.356 e. The molecule has 1 rings (SSSR count). The van der Waals surface area contributed by atoms with Gasteiger partial charge in [0.2, 0.25) is 0 Å². The minimum atomic E-state index is -2.89. The Morgan fingerprint density at radius 3 is 2.76 bits per heavy atom. The van der Waals surface area contributed by atoms with Crippen molar-refractivity contribution in [3.8, 4) is 5.75 Å². The summed E-state index contributed by atoms with van der Waals surface area (Å²) in [5, 5.41) is 9.53. The predicted octanol–water partition coefficient (Wildman–Crippen LogP) is 2.80. The summed E-state index contributed by atoms with van der Waals surface area (Å²) >= 11 is 2.99. The Hall–Kier alpha value is -1.24. The lowest BCUT2D eigenvalue weighted by atomic mass is 10.1. The Morgan fingerprint density at radius 1 is 1.65 bits per heavy atom. The Balaban J connectivity index is 3.25. The van der Waals surface area contributed by atoms with Gasteiger partial charge in [0.25, 0.3) is 6.43 Å². The molecule has 0 aliphatic heterocycles. The Bertz CT molecular complexity index is 426. The van der Waals surface area contributed by atoms with Crippen LogP contribution in [0.2, 0.25) is 0 Å². The predicted molar refractivity (Wildman–Crippen MR) is 59.4 cm³/mol. The number of hydrogen-bond acceptors (Lipinski definition) is 4. The van der Waals surface area contributed by atoms with Gasteiger partial charge < -0.3 is 9.84 Å². The first kappa shape index (κ1) is 13.8. The molecule has 0 radical (unpaired) electrons. The zero-order chi connectivity index (χ0) is 13.0. The van der Waals surface area contributed by atoms with E-state index >= 15 is 0 Å². The molecular formula is C10H10BrF2NO3. The summed E-state index contributed by atoms with van der Waals surface area (Å²) in [5.41, 5.74) is -0.891. The molecule has 1 heterocycles. The van der Waals surface area contributed by atoms with Gasteiger partial charge in [-0.05, 0) is 13.0 Å². The van der Waals surface area contributed by atoms with Crippen molar-refractivity contribution in [2.45, 2.75) is 18.7 Å². The number of carbonyl (C=O) groups excluding carboxylic acids is 1. The molecule has 0 spiro atoms. The van der Waals surface area contributed by atoms with Gasteiger partial charge in [0.1, 0.15) is 11.4 Å². The van der Waals surface area contributed by atoms with Gasteiger partial charge >= 0.3 is 5.97 Å².